The van der Waals surface area contributed by atoms with Crippen LogP contribution in [0.1, 0.15) is 36.0 Å². The molecule has 1 fully saturated rings. The summed E-state index contributed by atoms with van der Waals surface area (Å²) in [4.78, 5) is 15.6. The highest BCUT2D eigenvalue weighted by Gasteiger charge is 2.26. The molecule has 3 nitrogen and oxygen atoms in total. The Morgan fingerprint density at radius 2 is 2.11 bits per heavy atom. The summed E-state index contributed by atoms with van der Waals surface area (Å²) in [5.74, 6) is -0.229. The number of ether oxygens (including phenoxy) is 1. The van der Waals surface area contributed by atoms with E-state index in [2.05, 4.69) is 20.9 Å². The topological polar surface area (TPSA) is 42.1 Å². The number of aromatic amines is 1. The van der Waals surface area contributed by atoms with Crippen molar-refractivity contribution >= 4 is 32.8 Å². The van der Waals surface area contributed by atoms with Crippen LogP contribution in [0.4, 0.5) is 0 Å². The van der Waals surface area contributed by atoms with Gasteiger partial charge >= 0.3 is 5.97 Å². The highest BCUT2D eigenvalue weighted by molar-refractivity contribution is 9.09. The van der Waals surface area contributed by atoms with Crippen LogP contribution in [0.2, 0.25) is 0 Å². The van der Waals surface area contributed by atoms with E-state index < -0.39 is 0 Å². The number of hydrogen-bond acceptors (Lipinski definition) is 2. The lowest BCUT2D eigenvalue weighted by Crippen LogP contribution is -2.30. The Bertz CT molecular complexity index is 593. The molecule has 1 aliphatic rings. The van der Waals surface area contributed by atoms with Crippen LogP contribution < -0.4 is 0 Å². The van der Waals surface area contributed by atoms with Crippen LogP contribution in [0.3, 0.4) is 0 Å². The molecule has 1 saturated carbocycles. The molecule has 0 radical (unpaired) electrons. The second-order valence-corrected chi connectivity index (χ2v) is 6.20. The molecule has 100 valence electrons. The van der Waals surface area contributed by atoms with E-state index >= 15 is 0 Å². The third-order valence-corrected chi connectivity index (χ3v) is 4.72. The Morgan fingerprint density at radius 3 is 2.95 bits per heavy atom. The molecule has 2 unspecified atom stereocenters. The molecule has 1 aromatic carbocycles. The van der Waals surface area contributed by atoms with E-state index in [-0.39, 0.29) is 12.1 Å². The van der Waals surface area contributed by atoms with Gasteiger partial charge in [-0.1, -0.05) is 28.4 Å². The van der Waals surface area contributed by atoms with Crippen molar-refractivity contribution in [1.29, 1.82) is 0 Å². The van der Waals surface area contributed by atoms with Gasteiger partial charge in [0.2, 0.25) is 0 Å². The number of carbonyl (C=O) groups is 1. The summed E-state index contributed by atoms with van der Waals surface area (Å²) in [6.45, 7) is 0. The fraction of sp³-hybridized carbons (Fsp3) is 0.400. The number of hydrogen-bond donors (Lipinski definition) is 1. The maximum absolute atomic E-state index is 12.2. The second-order valence-electron chi connectivity index (χ2n) is 5.02. The van der Waals surface area contributed by atoms with Crippen molar-refractivity contribution < 1.29 is 9.53 Å². The number of nitrogens with one attached hydrogen (secondary N) is 1. The molecular weight excluding hydrogens is 306 g/mol. The summed E-state index contributed by atoms with van der Waals surface area (Å²) in [5.41, 5.74) is 1.58. The van der Waals surface area contributed by atoms with Crippen molar-refractivity contribution in [2.24, 2.45) is 0 Å². The normalized spacial score (nSPS) is 23.4. The van der Waals surface area contributed by atoms with E-state index in [9.17, 15) is 4.79 Å². The van der Waals surface area contributed by atoms with Crippen LogP contribution >= 0.6 is 15.9 Å². The van der Waals surface area contributed by atoms with E-state index in [4.69, 9.17) is 4.74 Å². The van der Waals surface area contributed by atoms with Gasteiger partial charge in [0.25, 0.3) is 0 Å². The number of carbonyl (C=O) groups excluding carboxylic acids is 1. The zero-order chi connectivity index (χ0) is 13.2. The van der Waals surface area contributed by atoms with Gasteiger partial charge in [-0.15, -0.1) is 0 Å². The van der Waals surface area contributed by atoms with Crippen molar-refractivity contribution in [2.45, 2.75) is 36.6 Å². The van der Waals surface area contributed by atoms with Crippen LogP contribution in [0, 0.1) is 0 Å². The number of alkyl halides is 1. The molecule has 2 aromatic rings. The molecule has 0 amide bonds. The molecule has 1 N–H and O–H groups in total. The van der Waals surface area contributed by atoms with Crippen molar-refractivity contribution in [3.63, 3.8) is 0 Å². The summed E-state index contributed by atoms with van der Waals surface area (Å²) in [5, 5.41) is 1.10. The van der Waals surface area contributed by atoms with Gasteiger partial charge in [-0.25, -0.2) is 4.79 Å². The summed E-state index contributed by atoms with van der Waals surface area (Å²) >= 11 is 3.61. The minimum absolute atomic E-state index is 0.000545. The third kappa shape index (κ3) is 2.68. The standard InChI is InChI=1S/C15H16BrNO2/c16-12-3-1-2-4-14(12)19-15(18)11-6-5-10-7-8-17-13(10)9-11/h5-9,12,14,17H,1-4H2. The molecule has 1 aliphatic carbocycles. The van der Waals surface area contributed by atoms with Gasteiger partial charge in [0, 0.05) is 11.7 Å². The van der Waals surface area contributed by atoms with Crippen molar-refractivity contribution in [2.75, 3.05) is 0 Å². The molecule has 2 atom stereocenters. The predicted molar refractivity (Wildman–Crippen MR) is 78.7 cm³/mol. The number of aromatic nitrogens is 1. The predicted octanol–water partition coefficient (Wildman–Crippen LogP) is 4.03. The summed E-state index contributed by atoms with van der Waals surface area (Å²) in [7, 11) is 0. The highest BCUT2D eigenvalue weighted by atomic mass is 79.9. The van der Waals surface area contributed by atoms with Crippen LogP contribution in [-0.2, 0) is 4.74 Å². The van der Waals surface area contributed by atoms with Crippen molar-refractivity contribution in [1.82, 2.24) is 4.98 Å². The summed E-state index contributed by atoms with van der Waals surface area (Å²) in [6.07, 6.45) is 6.24. The second kappa shape index (κ2) is 5.37. The summed E-state index contributed by atoms with van der Waals surface area (Å²) in [6, 6.07) is 7.60. The lowest BCUT2D eigenvalue weighted by Gasteiger charge is -2.27. The molecule has 0 saturated heterocycles. The number of halogens is 1. The van der Waals surface area contributed by atoms with Crippen LogP contribution in [0.15, 0.2) is 30.5 Å². The van der Waals surface area contributed by atoms with Gasteiger partial charge in [0.05, 0.1) is 10.4 Å². The van der Waals surface area contributed by atoms with Crippen LogP contribution in [0.25, 0.3) is 10.9 Å². The fourth-order valence-electron chi connectivity index (χ4n) is 2.56. The monoisotopic (exact) mass is 321 g/mol. The number of rotatable bonds is 2. The SMILES string of the molecule is O=C(OC1CCCCC1Br)c1ccc2cc[nH]c2c1. The van der Waals surface area contributed by atoms with E-state index in [1.807, 2.05) is 30.5 Å². The lowest BCUT2D eigenvalue weighted by molar-refractivity contribution is 0.0235. The van der Waals surface area contributed by atoms with E-state index in [1.54, 1.807) is 0 Å². The van der Waals surface area contributed by atoms with Crippen LogP contribution in [-0.4, -0.2) is 21.9 Å². The minimum atomic E-state index is -0.229. The minimum Gasteiger partial charge on any atom is -0.458 e. The molecular formula is C15H16BrNO2. The van der Waals surface area contributed by atoms with Gasteiger partial charge in [0.15, 0.2) is 0 Å². The zero-order valence-electron chi connectivity index (χ0n) is 10.6. The van der Waals surface area contributed by atoms with Crippen molar-refractivity contribution in [3.8, 4) is 0 Å². The Hall–Kier alpha value is -1.29. The van der Waals surface area contributed by atoms with Gasteiger partial charge in [-0.3, -0.25) is 0 Å². The largest absolute Gasteiger partial charge is 0.458 e. The average molecular weight is 322 g/mol. The van der Waals surface area contributed by atoms with E-state index in [0.717, 1.165) is 30.2 Å². The average Bonchev–Trinajstić information content (AvgIpc) is 2.88. The number of fused-ring (bicyclic) bond motifs is 1. The van der Waals surface area contributed by atoms with Gasteiger partial charge in [0.1, 0.15) is 6.10 Å². The van der Waals surface area contributed by atoms with Crippen LogP contribution in [0.5, 0.6) is 0 Å². The molecule has 1 heterocycles. The first-order valence-corrected chi connectivity index (χ1v) is 7.58. The highest BCUT2D eigenvalue weighted by Crippen LogP contribution is 2.27. The number of H-pyrrole nitrogens is 1. The molecule has 3 rings (SSSR count). The van der Waals surface area contributed by atoms with E-state index in [1.165, 1.54) is 6.42 Å². The quantitative estimate of drug-likeness (QED) is 0.670. The van der Waals surface area contributed by atoms with E-state index in [0.29, 0.717) is 10.4 Å². The zero-order valence-corrected chi connectivity index (χ0v) is 12.2. The first-order valence-electron chi connectivity index (χ1n) is 6.66. The maximum atomic E-state index is 12.2. The van der Waals surface area contributed by atoms with Gasteiger partial charge < -0.3 is 9.72 Å². The number of benzene rings is 1. The Morgan fingerprint density at radius 1 is 1.26 bits per heavy atom. The first kappa shape index (κ1) is 12.7. The van der Waals surface area contributed by atoms with Gasteiger partial charge in [-0.05, 0) is 42.8 Å². The maximum Gasteiger partial charge on any atom is 0.338 e. The molecule has 1 aromatic heterocycles. The lowest BCUT2D eigenvalue weighted by atomic mass is 9.97. The molecule has 19 heavy (non-hydrogen) atoms. The molecule has 0 aliphatic heterocycles. The first-order chi connectivity index (χ1) is 9.24. The summed E-state index contributed by atoms with van der Waals surface area (Å²) < 4.78 is 5.62. The molecule has 0 spiro atoms. The molecule has 0 bridgehead atoms. The Labute approximate surface area is 120 Å². The fourth-order valence-corrected chi connectivity index (χ4v) is 3.26. The van der Waals surface area contributed by atoms with Crippen molar-refractivity contribution in [3.05, 3.63) is 36.0 Å². The Kier molecular flexibility index (Phi) is 3.60. The Balaban J connectivity index is 1.75. The third-order valence-electron chi connectivity index (χ3n) is 3.67. The molecule has 4 heteroatoms. The smallest absolute Gasteiger partial charge is 0.338 e. The number of esters is 1. The van der Waals surface area contributed by atoms with Gasteiger partial charge in [-0.2, -0.15) is 0 Å².